The van der Waals surface area contributed by atoms with E-state index in [1.807, 2.05) is 51.1 Å². The molecule has 2 aromatic carbocycles. The summed E-state index contributed by atoms with van der Waals surface area (Å²) in [5.74, 6) is -0.121. The average Bonchev–Trinajstić information content (AvgIpc) is 2.96. The summed E-state index contributed by atoms with van der Waals surface area (Å²) in [5.41, 5.74) is 11.4. The van der Waals surface area contributed by atoms with Crippen LogP contribution in [0.1, 0.15) is 45.8 Å². The molecule has 1 heterocycles. The topological polar surface area (TPSA) is 89.2 Å². The molecule has 29 heavy (non-hydrogen) atoms. The van der Waals surface area contributed by atoms with E-state index in [1.165, 1.54) is 5.56 Å². The number of carbonyl (C=O) groups excluding carboxylic acids is 2. The maximum atomic E-state index is 12.9. The van der Waals surface area contributed by atoms with Crippen molar-refractivity contribution in [2.45, 2.75) is 33.7 Å². The van der Waals surface area contributed by atoms with Crippen LogP contribution in [0.15, 0.2) is 54.6 Å². The highest BCUT2D eigenvalue weighted by Gasteiger charge is 2.19. The fourth-order valence-corrected chi connectivity index (χ4v) is 3.51. The predicted molar refractivity (Wildman–Crippen MR) is 116 cm³/mol. The Morgan fingerprint density at radius 1 is 1.00 bits per heavy atom. The highest BCUT2D eigenvalue weighted by molar-refractivity contribution is 5.96. The second kappa shape index (κ2) is 8.22. The lowest BCUT2D eigenvalue weighted by Gasteiger charge is -2.15. The maximum absolute atomic E-state index is 12.9. The second-order valence-corrected chi connectivity index (χ2v) is 7.27. The Hall–Kier alpha value is -3.54. The standard InChI is InChI=1S/C23H26N4O2/c1-14-6-5-7-20(12-14)27-15(2)13-21(17(27)4)22(28)25-16(3)18-8-10-19(11-9-18)26-23(24)29/h5-13,16H,1-4H3,(H,25,28)(H3,24,26,29). The summed E-state index contributed by atoms with van der Waals surface area (Å²) < 4.78 is 2.09. The van der Waals surface area contributed by atoms with Gasteiger partial charge >= 0.3 is 6.03 Å². The number of nitrogens with zero attached hydrogens (tertiary/aromatic N) is 1. The first kappa shape index (κ1) is 20.2. The van der Waals surface area contributed by atoms with E-state index in [2.05, 4.69) is 34.3 Å². The first-order valence-electron chi connectivity index (χ1n) is 9.49. The molecule has 6 heteroatoms. The lowest BCUT2D eigenvalue weighted by Crippen LogP contribution is -2.27. The molecule has 0 bridgehead atoms. The quantitative estimate of drug-likeness (QED) is 0.603. The van der Waals surface area contributed by atoms with Crippen molar-refractivity contribution in [3.8, 4) is 5.69 Å². The summed E-state index contributed by atoms with van der Waals surface area (Å²) in [7, 11) is 0. The highest BCUT2D eigenvalue weighted by Crippen LogP contribution is 2.23. The number of hydrogen-bond acceptors (Lipinski definition) is 2. The van der Waals surface area contributed by atoms with Crippen molar-refractivity contribution in [2.75, 3.05) is 5.32 Å². The minimum Gasteiger partial charge on any atom is -0.351 e. The van der Waals surface area contributed by atoms with Crippen LogP contribution in [0.4, 0.5) is 10.5 Å². The Labute approximate surface area is 170 Å². The number of rotatable bonds is 5. The molecule has 1 unspecified atom stereocenters. The number of urea groups is 1. The van der Waals surface area contributed by atoms with E-state index >= 15 is 0 Å². The fraction of sp³-hybridized carbons (Fsp3) is 0.217. The van der Waals surface area contributed by atoms with Gasteiger partial charge in [0.1, 0.15) is 0 Å². The molecule has 0 aliphatic heterocycles. The predicted octanol–water partition coefficient (Wildman–Crippen LogP) is 4.38. The monoisotopic (exact) mass is 390 g/mol. The number of aromatic nitrogens is 1. The normalized spacial score (nSPS) is 11.7. The van der Waals surface area contributed by atoms with E-state index in [-0.39, 0.29) is 11.9 Å². The number of aryl methyl sites for hydroxylation is 2. The van der Waals surface area contributed by atoms with E-state index in [0.29, 0.717) is 11.3 Å². The van der Waals surface area contributed by atoms with Crippen molar-refractivity contribution < 1.29 is 9.59 Å². The van der Waals surface area contributed by atoms with Crippen molar-refractivity contribution in [1.82, 2.24) is 9.88 Å². The van der Waals surface area contributed by atoms with Crippen LogP contribution in [0.5, 0.6) is 0 Å². The van der Waals surface area contributed by atoms with Gasteiger partial charge in [0.05, 0.1) is 11.6 Å². The molecule has 4 N–H and O–H groups in total. The van der Waals surface area contributed by atoms with E-state index < -0.39 is 6.03 Å². The van der Waals surface area contributed by atoms with Gasteiger partial charge in [-0.3, -0.25) is 4.79 Å². The molecule has 0 fully saturated rings. The zero-order valence-corrected chi connectivity index (χ0v) is 17.1. The van der Waals surface area contributed by atoms with Gasteiger partial charge in [0.2, 0.25) is 0 Å². The molecule has 3 aromatic rings. The van der Waals surface area contributed by atoms with E-state index in [9.17, 15) is 9.59 Å². The Morgan fingerprint density at radius 2 is 1.69 bits per heavy atom. The molecule has 0 spiro atoms. The van der Waals surface area contributed by atoms with Gasteiger partial charge in [-0.1, -0.05) is 24.3 Å². The van der Waals surface area contributed by atoms with Crippen LogP contribution >= 0.6 is 0 Å². The largest absolute Gasteiger partial charge is 0.351 e. The Balaban J connectivity index is 1.79. The summed E-state index contributed by atoms with van der Waals surface area (Å²) in [6, 6.07) is 16.6. The van der Waals surface area contributed by atoms with Crippen LogP contribution in [0.2, 0.25) is 0 Å². The third-order valence-electron chi connectivity index (χ3n) is 4.96. The van der Waals surface area contributed by atoms with Crippen LogP contribution in [0.25, 0.3) is 5.69 Å². The molecular formula is C23H26N4O2. The Bertz CT molecular complexity index is 1050. The van der Waals surface area contributed by atoms with Crippen molar-refractivity contribution in [3.05, 3.63) is 82.7 Å². The molecule has 3 amide bonds. The van der Waals surface area contributed by atoms with Crippen molar-refractivity contribution in [3.63, 3.8) is 0 Å². The zero-order valence-electron chi connectivity index (χ0n) is 17.1. The Morgan fingerprint density at radius 3 is 2.31 bits per heavy atom. The highest BCUT2D eigenvalue weighted by atomic mass is 16.2. The van der Waals surface area contributed by atoms with Crippen LogP contribution in [-0.4, -0.2) is 16.5 Å². The zero-order chi connectivity index (χ0) is 21.1. The molecule has 0 saturated carbocycles. The number of amides is 3. The molecule has 0 aliphatic rings. The summed E-state index contributed by atoms with van der Waals surface area (Å²) in [4.78, 5) is 23.9. The smallest absolute Gasteiger partial charge is 0.316 e. The lowest BCUT2D eigenvalue weighted by molar-refractivity contribution is 0.0939. The lowest BCUT2D eigenvalue weighted by atomic mass is 10.1. The van der Waals surface area contributed by atoms with Gasteiger partial charge in [0.15, 0.2) is 0 Å². The molecule has 1 aromatic heterocycles. The van der Waals surface area contributed by atoms with Gasteiger partial charge in [-0.05, 0) is 69.2 Å². The molecule has 0 aliphatic carbocycles. The van der Waals surface area contributed by atoms with Crippen LogP contribution in [0.3, 0.4) is 0 Å². The number of nitrogens with one attached hydrogen (secondary N) is 2. The maximum Gasteiger partial charge on any atom is 0.316 e. The minimum absolute atomic E-state index is 0.121. The molecular weight excluding hydrogens is 364 g/mol. The number of anilines is 1. The van der Waals surface area contributed by atoms with Crippen LogP contribution in [-0.2, 0) is 0 Å². The molecule has 6 nitrogen and oxygen atoms in total. The van der Waals surface area contributed by atoms with E-state index in [4.69, 9.17) is 5.73 Å². The molecule has 0 saturated heterocycles. The van der Waals surface area contributed by atoms with Gasteiger partial charge in [0, 0.05) is 22.8 Å². The van der Waals surface area contributed by atoms with Crippen molar-refractivity contribution >= 4 is 17.6 Å². The first-order chi connectivity index (χ1) is 13.8. The third kappa shape index (κ3) is 4.48. The number of nitrogens with two attached hydrogens (primary N) is 1. The van der Waals surface area contributed by atoms with Gasteiger partial charge in [-0.15, -0.1) is 0 Å². The van der Waals surface area contributed by atoms with Crippen molar-refractivity contribution in [2.24, 2.45) is 5.73 Å². The first-order valence-corrected chi connectivity index (χ1v) is 9.49. The van der Waals surface area contributed by atoms with Gasteiger partial charge in [-0.2, -0.15) is 0 Å². The summed E-state index contributed by atoms with van der Waals surface area (Å²) >= 11 is 0. The average molecular weight is 390 g/mol. The fourth-order valence-electron chi connectivity index (χ4n) is 3.51. The minimum atomic E-state index is -0.608. The Kier molecular flexibility index (Phi) is 5.73. The SMILES string of the molecule is Cc1cccc(-n2c(C)cc(C(=O)NC(C)c3ccc(NC(N)=O)cc3)c2C)c1. The van der Waals surface area contributed by atoms with Gasteiger partial charge in [0.25, 0.3) is 5.91 Å². The number of carbonyl (C=O) groups is 2. The van der Waals surface area contributed by atoms with Crippen LogP contribution < -0.4 is 16.4 Å². The second-order valence-electron chi connectivity index (χ2n) is 7.27. The van der Waals surface area contributed by atoms with Crippen LogP contribution in [0, 0.1) is 20.8 Å². The summed E-state index contributed by atoms with van der Waals surface area (Å²) in [5, 5.41) is 5.57. The number of primary amides is 1. The molecule has 0 radical (unpaired) electrons. The molecule has 1 atom stereocenters. The summed E-state index contributed by atoms with van der Waals surface area (Å²) in [6.45, 7) is 7.94. The third-order valence-corrected chi connectivity index (χ3v) is 4.96. The van der Waals surface area contributed by atoms with E-state index in [1.54, 1.807) is 12.1 Å². The van der Waals surface area contributed by atoms with Crippen molar-refractivity contribution in [1.29, 1.82) is 0 Å². The van der Waals surface area contributed by atoms with Gasteiger partial charge < -0.3 is 20.9 Å². The molecule has 150 valence electrons. The molecule has 3 rings (SSSR count). The number of benzene rings is 2. The number of hydrogen-bond donors (Lipinski definition) is 3. The van der Waals surface area contributed by atoms with E-state index in [0.717, 1.165) is 22.6 Å². The van der Waals surface area contributed by atoms with Gasteiger partial charge in [-0.25, -0.2) is 4.79 Å². The summed E-state index contributed by atoms with van der Waals surface area (Å²) in [6.07, 6.45) is 0.